The Labute approximate surface area is 445 Å². The average molecular weight is 1070 g/mol. The monoisotopic (exact) mass is 1070 g/mol. The van der Waals surface area contributed by atoms with Gasteiger partial charge in [-0.25, -0.2) is 31.6 Å². The molecule has 0 atom stereocenters. The van der Waals surface area contributed by atoms with Crippen molar-refractivity contribution in [2.24, 2.45) is 0 Å². The van der Waals surface area contributed by atoms with Crippen molar-refractivity contribution in [2.45, 2.75) is 64.5 Å². The van der Waals surface area contributed by atoms with Gasteiger partial charge in [0.1, 0.15) is 0 Å². The molecule has 6 N–H and O–H groups in total. The van der Waals surface area contributed by atoms with Gasteiger partial charge in [-0.05, 0) is 79.8 Å². The number of rotatable bonds is 19. The number of hydrogen-bond donors (Lipinski definition) is 5. The predicted octanol–water partition coefficient (Wildman–Crippen LogP) is 12.6. The molecule has 13 nitrogen and oxygen atoms in total. The van der Waals surface area contributed by atoms with E-state index >= 15 is 0 Å². The van der Waals surface area contributed by atoms with Gasteiger partial charge in [0.05, 0.1) is 23.9 Å². The third-order valence-corrected chi connectivity index (χ3v) is 14.2. The highest BCUT2D eigenvalue weighted by molar-refractivity contribution is 7.92. The van der Waals surface area contributed by atoms with Crippen LogP contribution in [0.25, 0.3) is 22.5 Å². The molecule has 2 amide bonds. The first-order chi connectivity index (χ1) is 35.4. The lowest BCUT2D eigenvalue weighted by molar-refractivity contribution is 0.195. The number of nitrogens with two attached hydrogens (primary N) is 1. The summed E-state index contributed by atoms with van der Waals surface area (Å²) in [5, 5.41) is 11.2. The van der Waals surface area contributed by atoms with E-state index in [-0.39, 0.29) is 18.0 Å². The van der Waals surface area contributed by atoms with E-state index < -0.39 is 20.0 Å². The van der Waals surface area contributed by atoms with E-state index in [1.54, 1.807) is 48.5 Å². The maximum atomic E-state index is 13.3. The zero-order valence-corrected chi connectivity index (χ0v) is 45.8. The molecule has 2 aromatic heterocycles. The van der Waals surface area contributed by atoms with Crippen molar-refractivity contribution < 1.29 is 21.6 Å². The van der Waals surface area contributed by atoms with Gasteiger partial charge in [0, 0.05) is 63.7 Å². The Balaban J connectivity index is 0.000000205. The second-order valence-electron chi connectivity index (χ2n) is 18.2. The highest BCUT2D eigenvalue weighted by Gasteiger charge is 2.22. The Morgan fingerprint density at radius 1 is 0.554 bits per heavy atom. The van der Waals surface area contributed by atoms with Crippen molar-refractivity contribution in [3.63, 3.8) is 0 Å². The molecule has 0 fully saturated rings. The van der Waals surface area contributed by atoms with Crippen LogP contribution in [-0.2, 0) is 20.0 Å². The number of anilines is 4. The molecule has 0 aliphatic heterocycles. The lowest BCUT2D eigenvalue weighted by Gasteiger charge is -2.29. The Bertz CT molecular complexity index is 3080. The number of nitrogens with one attached hydrogen (secondary N) is 4. The predicted molar refractivity (Wildman–Crippen MR) is 309 cm³/mol. The van der Waals surface area contributed by atoms with Crippen LogP contribution in [-0.4, -0.2) is 75.4 Å². The summed E-state index contributed by atoms with van der Waals surface area (Å²) in [6.45, 7) is 10.1. The maximum absolute atomic E-state index is 13.3. The first kappa shape index (κ1) is 56.4. The lowest BCUT2D eigenvalue weighted by Crippen LogP contribution is -2.41. The molecule has 0 spiro atoms. The van der Waals surface area contributed by atoms with Crippen molar-refractivity contribution in [3.8, 4) is 22.5 Å². The number of aromatic nitrogens is 2. The second kappa shape index (κ2) is 27.4. The smallest absolute Gasteiger partial charge is 0.323 e. The van der Waals surface area contributed by atoms with Crippen LogP contribution in [0, 0.1) is 0 Å². The number of benzene rings is 6. The Kier molecular flexibility index (Phi) is 20.9. The summed E-state index contributed by atoms with van der Waals surface area (Å²) < 4.78 is 49.7. The molecule has 0 bridgehead atoms. The summed E-state index contributed by atoms with van der Waals surface area (Å²) in [5.74, 6) is 0.659. The van der Waals surface area contributed by atoms with Gasteiger partial charge in [0.2, 0.25) is 20.0 Å². The molecule has 6 aromatic carbocycles. The zero-order chi connectivity index (χ0) is 53.1. The summed E-state index contributed by atoms with van der Waals surface area (Å²) in [6, 6.07) is 56.7. The lowest BCUT2D eigenvalue weighted by atomic mass is 9.88. The Hall–Kier alpha value is -6.89. The number of carbonyl (C=O) groups excluding carboxylic acids is 1. The number of sulfonamides is 2. The topological polar surface area (TPSA) is 189 Å². The Morgan fingerprint density at radius 2 is 0.946 bits per heavy atom. The van der Waals surface area contributed by atoms with Crippen molar-refractivity contribution in [1.29, 1.82) is 0 Å². The summed E-state index contributed by atoms with van der Waals surface area (Å²) >= 11 is 2.72. The highest BCUT2D eigenvalue weighted by atomic mass is 32.2. The molecule has 74 heavy (non-hydrogen) atoms. The van der Waals surface area contributed by atoms with Crippen LogP contribution in [0.2, 0.25) is 0 Å². The summed E-state index contributed by atoms with van der Waals surface area (Å²) in [6.07, 6.45) is 4.14. The third kappa shape index (κ3) is 18.5. The molecule has 2 heterocycles. The van der Waals surface area contributed by atoms with Crippen molar-refractivity contribution in [3.05, 3.63) is 203 Å². The van der Waals surface area contributed by atoms with Crippen molar-refractivity contribution in [1.82, 2.24) is 20.2 Å². The normalized spacial score (nSPS) is 11.4. The molecule has 0 saturated carbocycles. The molecule has 8 rings (SSSR count). The van der Waals surface area contributed by atoms with Gasteiger partial charge in [-0.15, -0.1) is 22.7 Å². The highest BCUT2D eigenvalue weighted by Crippen LogP contribution is 2.31. The minimum absolute atomic E-state index is 0.0107. The molecule has 0 unspecified atom stereocenters. The molecule has 8 aromatic rings. The van der Waals surface area contributed by atoms with Gasteiger partial charge in [0.25, 0.3) is 0 Å². The van der Waals surface area contributed by atoms with E-state index in [0.29, 0.717) is 45.8 Å². The molecular weight excluding hydrogens is 1000 g/mol. The fourth-order valence-corrected chi connectivity index (χ4v) is 10.5. The van der Waals surface area contributed by atoms with E-state index in [4.69, 9.17) is 5.73 Å². The molecular formula is C57H66N8O5S4. The molecule has 0 aliphatic rings. The van der Waals surface area contributed by atoms with Gasteiger partial charge in [-0.3, -0.25) is 14.8 Å². The van der Waals surface area contributed by atoms with E-state index in [1.165, 1.54) is 44.9 Å². The standard InChI is InChI=1S/C29H32N4O3S2.C18H23N.C10H11N3O2S2/c1-21(2)33(19-18-26(22-10-6-4-7-11-22)23-12-8-5-9-13-23)29(34)31-28-30-27(20-37-28)24-14-16-25(17-15-24)32-38(3,35)36;1-15(2)19-14-13-18(16-9-5-3-6-10-16)17-11-7-4-8-12-17;1-17(14,15)13-8-4-2-7(3-5-8)9-6-16-10(11)12-9/h4-17,20-21,26,32H,18-19H2,1-3H3,(H,30,31,34);3-12,15,18-19H,13-14H2,1-2H3;2-6,13H,1H3,(H2,11,12). The molecule has 0 aliphatic carbocycles. The molecule has 388 valence electrons. The fourth-order valence-electron chi connectivity index (χ4n) is 8.07. The number of carbonyl (C=O) groups is 1. The Morgan fingerprint density at radius 3 is 1.31 bits per heavy atom. The maximum Gasteiger partial charge on any atom is 0.323 e. The zero-order valence-electron chi connectivity index (χ0n) is 42.6. The van der Waals surface area contributed by atoms with Crippen LogP contribution in [0.4, 0.5) is 26.4 Å². The minimum atomic E-state index is -3.34. The number of thiazole rings is 2. The third-order valence-electron chi connectivity index (χ3n) is 11.5. The van der Waals surface area contributed by atoms with E-state index in [1.807, 2.05) is 65.9 Å². The number of amides is 2. The van der Waals surface area contributed by atoms with Crippen molar-refractivity contribution in [2.75, 3.05) is 46.1 Å². The van der Waals surface area contributed by atoms with Gasteiger partial charge < -0.3 is 16.0 Å². The van der Waals surface area contributed by atoms with E-state index in [9.17, 15) is 21.6 Å². The molecule has 0 radical (unpaired) electrons. The number of nitrogen functional groups attached to an aromatic ring is 1. The first-order valence-electron chi connectivity index (χ1n) is 24.2. The summed E-state index contributed by atoms with van der Waals surface area (Å²) in [5.41, 5.74) is 15.0. The van der Waals surface area contributed by atoms with Gasteiger partial charge in [-0.1, -0.05) is 159 Å². The fraction of sp³-hybridized carbons (Fsp3) is 0.246. The van der Waals surface area contributed by atoms with Crippen LogP contribution < -0.4 is 25.8 Å². The second-order valence-corrected chi connectivity index (χ2v) is 23.4. The number of hydrogen-bond acceptors (Lipinski definition) is 11. The number of urea groups is 1. The molecule has 17 heteroatoms. The SMILES string of the molecule is CC(C)N(CCC(c1ccccc1)c1ccccc1)C(=O)Nc1nc(-c2ccc(NS(C)(=O)=O)cc2)cs1.CC(C)NCCC(c1ccccc1)c1ccccc1.CS(=O)(=O)Nc1ccc(-c2csc(N)n2)cc1. The quantitative estimate of drug-likeness (QED) is 0.0525. The van der Waals surface area contributed by atoms with Crippen LogP contribution in [0.5, 0.6) is 0 Å². The van der Waals surface area contributed by atoms with Gasteiger partial charge in [-0.2, -0.15) is 0 Å². The average Bonchev–Trinajstić information content (AvgIpc) is 4.04. The van der Waals surface area contributed by atoms with Gasteiger partial charge >= 0.3 is 6.03 Å². The summed E-state index contributed by atoms with van der Waals surface area (Å²) in [4.78, 5) is 23.8. The van der Waals surface area contributed by atoms with Crippen LogP contribution >= 0.6 is 22.7 Å². The van der Waals surface area contributed by atoms with E-state index in [0.717, 1.165) is 48.7 Å². The number of nitrogens with zero attached hydrogens (tertiary/aromatic N) is 3. The summed E-state index contributed by atoms with van der Waals surface area (Å²) in [7, 11) is -6.57. The van der Waals surface area contributed by atoms with Crippen LogP contribution in [0.1, 0.15) is 74.6 Å². The molecule has 0 saturated heterocycles. The van der Waals surface area contributed by atoms with E-state index in [2.05, 4.69) is 129 Å². The first-order valence-corrected chi connectivity index (χ1v) is 29.8. The van der Waals surface area contributed by atoms with Crippen molar-refractivity contribution >= 4 is 70.4 Å². The van der Waals surface area contributed by atoms with Crippen LogP contribution in [0.15, 0.2) is 181 Å². The van der Waals surface area contributed by atoms with Gasteiger partial charge in [0.15, 0.2) is 10.3 Å². The van der Waals surface area contributed by atoms with Crippen LogP contribution in [0.3, 0.4) is 0 Å². The minimum Gasteiger partial charge on any atom is -0.375 e. The largest absolute Gasteiger partial charge is 0.375 e.